The van der Waals surface area contributed by atoms with Gasteiger partial charge in [0, 0.05) is 17.7 Å². The first-order valence-corrected chi connectivity index (χ1v) is 6.32. The number of aromatic nitrogens is 3. The fourth-order valence-corrected chi connectivity index (χ4v) is 2.16. The molecule has 2 heterocycles. The zero-order chi connectivity index (χ0) is 12.7. The summed E-state index contributed by atoms with van der Waals surface area (Å²) in [4.78, 5) is 15.8. The summed E-state index contributed by atoms with van der Waals surface area (Å²) in [5.74, 6) is -0.506. The van der Waals surface area contributed by atoms with Crippen LogP contribution in [-0.2, 0) is 6.42 Å². The van der Waals surface area contributed by atoms with Crippen LogP contribution in [0.15, 0.2) is 12.1 Å². The number of carboxylic acids is 1. The van der Waals surface area contributed by atoms with Gasteiger partial charge in [0.1, 0.15) is 0 Å². The minimum atomic E-state index is -0.949. The molecular formula is C13H15N3O2. The minimum Gasteiger partial charge on any atom is -0.477 e. The predicted octanol–water partition coefficient (Wildman–Crippen LogP) is 2.26. The van der Waals surface area contributed by atoms with Gasteiger partial charge in [0.25, 0.3) is 0 Å². The fourth-order valence-electron chi connectivity index (χ4n) is 2.16. The van der Waals surface area contributed by atoms with Crippen molar-refractivity contribution in [3.05, 3.63) is 29.2 Å². The van der Waals surface area contributed by atoms with Gasteiger partial charge in [-0.1, -0.05) is 13.3 Å². The van der Waals surface area contributed by atoms with Crippen LogP contribution in [0.25, 0.3) is 5.65 Å². The average molecular weight is 245 g/mol. The second-order valence-corrected chi connectivity index (χ2v) is 4.80. The van der Waals surface area contributed by atoms with Crippen molar-refractivity contribution < 1.29 is 9.90 Å². The van der Waals surface area contributed by atoms with Crippen LogP contribution in [0.2, 0.25) is 0 Å². The molecule has 0 atom stereocenters. The maximum atomic E-state index is 11.3. The molecule has 0 spiro atoms. The van der Waals surface area contributed by atoms with E-state index in [0.717, 1.165) is 37.1 Å². The van der Waals surface area contributed by atoms with E-state index < -0.39 is 5.97 Å². The van der Waals surface area contributed by atoms with Gasteiger partial charge in [-0.25, -0.2) is 14.3 Å². The van der Waals surface area contributed by atoms with E-state index in [1.807, 2.05) is 6.07 Å². The number of hydrogen-bond donors (Lipinski definition) is 1. The summed E-state index contributed by atoms with van der Waals surface area (Å²) < 4.78 is 1.44. The lowest BCUT2D eigenvalue weighted by molar-refractivity contribution is 0.0687. The van der Waals surface area contributed by atoms with Crippen molar-refractivity contribution in [1.29, 1.82) is 0 Å². The molecule has 0 aliphatic heterocycles. The average Bonchev–Trinajstić information content (AvgIpc) is 3.09. The molecule has 0 saturated heterocycles. The molecule has 0 amide bonds. The molecule has 0 bridgehead atoms. The van der Waals surface area contributed by atoms with Crippen LogP contribution < -0.4 is 0 Å². The standard InChI is InChI=1S/C13H15N3O2/c1-2-3-9-6-12-14-10(8-4-5-8)7-11(13(17)18)16(12)15-9/h6-8H,2-5H2,1H3,(H,17,18). The molecule has 3 rings (SSSR count). The topological polar surface area (TPSA) is 67.5 Å². The van der Waals surface area contributed by atoms with Crippen LogP contribution in [-0.4, -0.2) is 25.7 Å². The maximum Gasteiger partial charge on any atom is 0.354 e. The molecule has 0 radical (unpaired) electrons. The van der Waals surface area contributed by atoms with E-state index in [-0.39, 0.29) is 5.69 Å². The third-order valence-corrected chi connectivity index (χ3v) is 3.22. The van der Waals surface area contributed by atoms with E-state index in [1.165, 1.54) is 4.52 Å². The van der Waals surface area contributed by atoms with E-state index in [4.69, 9.17) is 0 Å². The van der Waals surface area contributed by atoms with Crippen molar-refractivity contribution >= 4 is 11.6 Å². The van der Waals surface area contributed by atoms with Crippen molar-refractivity contribution in [2.24, 2.45) is 0 Å². The Kier molecular flexibility index (Phi) is 2.54. The van der Waals surface area contributed by atoms with Gasteiger partial charge in [-0.15, -0.1) is 0 Å². The van der Waals surface area contributed by atoms with Crippen LogP contribution in [0, 0.1) is 0 Å². The van der Waals surface area contributed by atoms with Crippen LogP contribution in [0.3, 0.4) is 0 Å². The second-order valence-electron chi connectivity index (χ2n) is 4.80. The first-order valence-electron chi connectivity index (χ1n) is 6.32. The fraction of sp³-hybridized carbons (Fsp3) is 0.462. The highest BCUT2D eigenvalue weighted by Crippen LogP contribution is 2.39. The van der Waals surface area contributed by atoms with E-state index in [1.54, 1.807) is 6.07 Å². The number of rotatable bonds is 4. The number of fused-ring (bicyclic) bond motifs is 1. The lowest BCUT2D eigenvalue weighted by atomic mass is 10.2. The highest BCUT2D eigenvalue weighted by Gasteiger charge is 2.27. The molecule has 18 heavy (non-hydrogen) atoms. The molecule has 1 N–H and O–H groups in total. The summed E-state index contributed by atoms with van der Waals surface area (Å²) >= 11 is 0. The lowest BCUT2D eigenvalue weighted by Gasteiger charge is -2.03. The first kappa shape index (κ1) is 11.2. The van der Waals surface area contributed by atoms with Crippen LogP contribution >= 0.6 is 0 Å². The molecule has 1 fully saturated rings. The third-order valence-electron chi connectivity index (χ3n) is 3.22. The first-order chi connectivity index (χ1) is 8.69. The summed E-state index contributed by atoms with van der Waals surface area (Å²) in [6.45, 7) is 2.07. The molecular weight excluding hydrogens is 230 g/mol. The molecule has 2 aromatic rings. The zero-order valence-corrected chi connectivity index (χ0v) is 10.3. The predicted molar refractivity (Wildman–Crippen MR) is 65.9 cm³/mol. The number of aromatic carboxylic acids is 1. The quantitative estimate of drug-likeness (QED) is 0.897. The van der Waals surface area contributed by atoms with Gasteiger partial charge >= 0.3 is 5.97 Å². The van der Waals surface area contributed by atoms with Crippen molar-refractivity contribution in [2.45, 2.75) is 38.5 Å². The monoisotopic (exact) mass is 245 g/mol. The molecule has 2 aromatic heterocycles. The normalized spacial score (nSPS) is 15.2. The number of carbonyl (C=O) groups is 1. The Bertz CT molecular complexity index is 614. The van der Waals surface area contributed by atoms with E-state index >= 15 is 0 Å². The number of carboxylic acid groups (broad SMARTS) is 1. The molecule has 0 unspecified atom stereocenters. The zero-order valence-electron chi connectivity index (χ0n) is 10.3. The minimum absolute atomic E-state index is 0.212. The molecule has 1 aliphatic carbocycles. The van der Waals surface area contributed by atoms with E-state index in [2.05, 4.69) is 17.0 Å². The molecule has 5 nitrogen and oxygen atoms in total. The molecule has 0 aromatic carbocycles. The van der Waals surface area contributed by atoms with Crippen molar-refractivity contribution in [2.75, 3.05) is 0 Å². The molecule has 1 aliphatic rings. The van der Waals surface area contributed by atoms with Crippen LogP contribution in [0.4, 0.5) is 0 Å². The van der Waals surface area contributed by atoms with Gasteiger partial charge in [-0.3, -0.25) is 0 Å². The van der Waals surface area contributed by atoms with Gasteiger partial charge in [0.05, 0.1) is 5.69 Å². The largest absolute Gasteiger partial charge is 0.477 e. The highest BCUT2D eigenvalue weighted by molar-refractivity contribution is 5.86. The Hall–Kier alpha value is -1.91. The van der Waals surface area contributed by atoms with Gasteiger partial charge < -0.3 is 5.11 Å². The van der Waals surface area contributed by atoms with Gasteiger partial charge in [0.2, 0.25) is 0 Å². The summed E-state index contributed by atoms with van der Waals surface area (Å²) in [5, 5.41) is 13.6. The van der Waals surface area contributed by atoms with Crippen molar-refractivity contribution in [3.8, 4) is 0 Å². The van der Waals surface area contributed by atoms with Crippen molar-refractivity contribution in [3.63, 3.8) is 0 Å². The Morgan fingerprint density at radius 3 is 2.89 bits per heavy atom. The molecule has 1 saturated carbocycles. The highest BCUT2D eigenvalue weighted by atomic mass is 16.4. The van der Waals surface area contributed by atoms with Gasteiger partial charge in [-0.2, -0.15) is 5.10 Å². The van der Waals surface area contributed by atoms with Crippen LogP contribution in [0.1, 0.15) is 54.0 Å². The maximum absolute atomic E-state index is 11.3. The molecule has 5 heteroatoms. The Morgan fingerprint density at radius 2 is 2.28 bits per heavy atom. The summed E-state index contributed by atoms with van der Waals surface area (Å²) in [7, 11) is 0. The lowest BCUT2D eigenvalue weighted by Crippen LogP contribution is -2.09. The van der Waals surface area contributed by atoms with Crippen LogP contribution in [0.5, 0.6) is 0 Å². The smallest absolute Gasteiger partial charge is 0.354 e. The molecule has 94 valence electrons. The number of hydrogen-bond acceptors (Lipinski definition) is 3. The van der Waals surface area contributed by atoms with Gasteiger partial charge in [-0.05, 0) is 25.3 Å². The third kappa shape index (κ3) is 1.85. The number of nitrogens with zero attached hydrogens (tertiary/aromatic N) is 3. The Balaban J connectivity index is 2.17. The summed E-state index contributed by atoms with van der Waals surface area (Å²) in [6, 6.07) is 3.55. The number of aryl methyl sites for hydroxylation is 1. The SMILES string of the molecule is CCCc1cc2nc(C3CC3)cc(C(=O)O)n2n1. The summed E-state index contributed by atoms with van der Waals surface area (Å²) in [5.41, 5.74) is 2.66. The van der Waals surface area contributed by atoms with E-state index in [0.29, 0.717) is 11.6 Å². The van der Waals surface area contributed by atoms with Gasteiger partial charge in [0.15, 0.2) is 11.3 Å². The van der Waals surface area contributed by atoms with Crippen molar-refractivity contribution in [1.82, 2.24) is 14.6 Å². The second kappa shape index (κ2) is 4.08. The Labute approximate surface area is 104 Å². The summed E-state index contributed by atoms with van der Waals surface area (Å²) in [6.07, 6.45) is 4.05. The Morgan fingerprint density at radius 1 is 1.50 bits per heavy atom. The van der Waals surface area contributed by atoms with E-state index in [9.17, 15) is 9.90 Å².